The summed E-state index contributed by atoms with van der Waals surface area (Å²) in [5, 5.41) is 2.89. The molecule has 0 radical (unpaired) electrons. The van der Waals surface area contributed by atoms with Crippen molar-refractivity contribution in [2.45, 2.75) is 32.4 Å². The number of hydrogen-bond donors (Lipinski definition) is 2. The van der Waals surface area contributed by atoms with Crippen molar-refractivity contribution in [1.82, 2.24) is 9.97 Å². The van der Waals surface area contributed by atoms with Crippen molar-refractivity contribution in [1.29, 1.82) is 0 Å². The second kappa shape index (κ2) is 10.2. The van der Waals surface area contributed by atoms with E-state index in [4.69, 9.17) is 15.2 Å². The molecule has 0 spiro atoms. The van der Waals surface area contributed by atoms with Crippen molar-refractivity contribution < 1.29 is 23.5 Å². The van der Waals surface area contributed by atoms with Crippen LogP contribution in [0.4, 0.5) is 10.2 Å². The summed E-state index contributed by atoms with van der Waals surface area (Å²) in [7, 11) is 0. The molecule has 3 N–H and O–H groups in total. The van der Waals surface area contributed by atoms with Crippen molar-refractivity contribution in [2.75, 3.05) is 11.9 Å². The van der Waals surface area contributed by atoms with Crippen molar-refractivity contribution >= 4 is 18.1 Å². The smallest absolute Gasteiger partial charge is 0.357 e. The maximum absolute atomic E-state index is 13.1. The van der Waals surface area contributed by atoms with Crippen molar-refractivity contribution in [2.24, 2.45) is 5.73 Å². The quantitative estimate of drug-likeness (QED) is 0.390. The maximum atomic E-state index is 13.1. The number of aromatic nitrogens is 2. The number of halogens is 1. The Balaban J connectivity index is 1.90. The van der Waals surface area contributed by atoms with E-state index in [-0.39, 0.29) is 29.7 Å². The number of benzene rings is 2. The Morgan fingerprint density at radius 3 is 2.24 bits per heavy atom. The van der Waals surface area contributed by atoms with E-state index < -0.39 is 17.6 Å². The molecule has 33 heavy (non-hydrogen) atoms. The largest absolute Gasteiger partial charge is 0.457 e. The van der Waals surface area contributed by atoms with Gasteiger partial charge in [0.05, 0.1) is 6.04 Å². The number of nitrogens with two attached hydrogens (primary N) is 1. The number of carbonyl (C=O) groups is 2. The average Bonchev–Trinajstić information content (AvgIpc) is 2.78. The lowest BCUT2D eigenvalue weighted by atomic mass is 10.2. The molecule has 0 saturated carbocycles. The Labute approximate surface area is 191 Å². The predicted octanol–water partition coefficient (Wildman–Crippen LogP) is 3.97. The molecular weight excluding hydrogens is 427 g/mol. The van der Waals surface area contributed by atoms with Gasteiger partial charge in [0.2, 0.25) is 0 Å². The van der Waals surface area contributed by atoms with Crippen LogP contribution >= 0.6 is 0 Å². The fraction of sp³-hybridized carbons (Fsp3) is 0.250. The lowest BCUT2D eigenvalue weighted by Gasteiger charge is -2.20. The average molecular weight is 452 g/mol. The van der Waals surface area contributed by atoms with E-state index in [1.165, 1.54) is 30.3 Å². The van der Waals surface area contributed by atoms with Crippen LogP contribution < -0.4 is 15.8 Å². The van der Waals surface area contributed by atoms with Crippen LogP contribution in [0.2, 0.25) is 0 Å². The molecule has 3 rings (SSSR count). The Bertz CT molecular complexity index is 1110. The second-order valence-electron chi connectivity index (χ2n) is 8.17. The predicted molar refractivity (Wildman–Crippen MR) is 122 cm³/mol. The Morgan fingerprint density at radius 1 is 1.09 bits per heavy atom. The fourth-order valence-electron chi connectivity index (χ4n) is 2.73. The van der Waals surface area contributed by atoms with Crippen molar-refractivity contribution in [3.63, 3.8) is 0 Å². The van der Waals surface area contributed by atoms with Crippen LogP contribution in [0.15, 0.2) is 54.6 Å². The number of anilines is 1. The van der Waals surface area contributed by atoms with Crippen LogP contribution in [0.3, 0.4) is 0 Å². The van der Waals surface area contributed by atoms with E-state index in [0.717, 1.165) is 0 Å². The first kappa shape index (κ1) is 23.8. The molecule has 0 aliphatic heterocycles. The van der Waals surface area contributed by atoms with E-state index >= 15 is 0 Å². The van der Waals surface area contributed by atoms with Crippen LogP contribution in [0.1, 0.15) is 31.3 Å². The Kier molecular flexibility index (Phi) is 7.34. The summed E-state index contributed by atoms with van der Waals surface area (Å²) in [6.45, 7) is 5.31. The Hall–Kier alpha value is -3.85. The molecule has 0 aliphatic carbocycles. The normalized spacial score (nSPS) is 12.0. The molecule has 0 saturated heterocycles. The third-order valence-corrected chi connectivity index (χ3v) is 4.25. The molecular formula is C24H25FN4O4. The molecule has 1 heterocycles. The van der Waals surface area contributed by atoms with Crippen molar-refractivity contribution in [3.8, 4) is 22.9 Å². The minimum atomic E-state index is -0.711. The summed E-state index contributed by atoms with van der Waals surface area (Å²) >= 11 is 0. The number of carbonyl (C=O) groups excluding carboxylic acids is 2. The van der Waals surface area contributed by atoms with Gasteiger partial charge < -0.3 is 25.3 Å². The van der Waals surface area contributed by atoms with Crippen LogP contribution in [0.25, 0.3) is 11.4 Å². The SMILES string of the molecule is CC(C)(C)OC(=O)c1cc(N[C@H](C=O)CN)nc(-c2ccc(Oc3ccc(F)cc3)cc2)n1. The van der Waals surface area contributed by atoms with E-state index in [1.807, 2.05) is 0 Å². The van der Waals surface area contributed by atoms with Crippen LogP contribution in [-0.4, -0.2) is 40.4 Å². The molecule has 1 aromatic heterocycles. The molecule has 3 aromatic rings. The molecule has 0 fully saturated rings. The molecule has 9 heteroatoms. The van der Waals surface area contributed by atoms with E-state index in [9.17, 15) is 14.0 Å². The van der Waals surface area contributed by atoms with Gasteiger partial charge in [0, 0.05) is 18.2 Å². The van der Waals surface area contributed by atoms with Gasteiger partial charge in [-0.3, -0.25) is 0 Å². The van der Waals surface area contributed by atoms with Gasteiger partial charge in [-0.2, -0.15) is 0 Å². The summed E-state index contributed by atoms with van der Waals surface area (Å²) in [5.41, 5.74) is 5.51. The van der Waals surface area contributed by atoms with Crippen LogP contribution in [-0.2, 0) is 9.53 Å². The number of nitrogens with zero attached hydrogens (tertiary/aromatic N) is 2. The van der Waals surface area contributed by atoms with Crippen LogP contribution in [0.5, 0.6) is 11.5 Å². The summed E-state index contributed by atoms with van der Waals surface area (Å²) in [4.78, 5) is 32.6. The zero-order valence-corrected chi connectivity index (χ0v) is 18.5. The summed E-state index contributed by atoms with van der Waals surface area (Å²) in [5.74, 6) is 0.541. The molecule has 0 bridgehead atoms. The number of nitrogens with one attached hydrogen (secondary N) is 1. The second-order valence-corrected chi connectivity index (χ2v) is 8.17. The highest BCUT2D eigenvalue weighted by molar-refractivity contribution is 5.89. The van der Waals surface area contributed by atoms with Gasteiger partial charge in [0.25, 0.3) is 0 Å². The highest BCUT2D eigenvalue weighted by atomic mass is 19.1. The number of rotatable bonds is 8. The highest BCUT2D eigenvalue weighted by Gasteiger charge is 2.21. The molecule has 172 valence electrons. The van der Waals surface area contributed by atoms with Gasteiger partial charge in [-0.15, -0.1) is 0 Å². The van der Waals surface area contributed by atoms with Crippen molar-refractivity contribution in [3.05, 3.63) is 66.1 Å². The number of esters is 1. The van der Waals surface area contributed by atoms with E-state index in [2.05, 4.69) is 15.3 Å². The van der Waals surface area contributed by atoms with Gasteiger partial charge in [-0.1, -0.05) is 0 Å². The maximum Gasteiger partial charge on any atom is 0.357 e. The van der Waals surface area contributed by atoms with Crippen LogP contribution in [0, 0.1) is 5.82 Å². The minimum Gasteiger partial charge on any atom is -0.457 e. The molecule has 2 aromatic carbocycles. The number of aldehydes is 1. The first-order chi connectivity index (χ1) is 15.7. The van der Waals surface area contributed by atoms with Gasteiger partial charge in [0.1, 0.15) is 35.0 Å². The lowest BCUT2D eigenvalue weighted by molar-refractivity contribution is -0.108. The van der Waals surface area contributed by atoms with Gasteiger partial charge in [0.15, 0.2) is 11.5 Å². The zero-order valence-electron chi connectivity index (χ0n) is 18.5. The monoisotopic (exact) mass is 452 g/mol. The fourth-order valence-corrected chi connectivity index (χ4v) is 2.73. The molecule has 0 aliphatic rings. The number of ether oxygens (including phenoxy) is 2. The molecule has 0 unspecified atom stereocenters. The molecule has 1 atom stereocenters. The summed E-state index contributed by atoms with van der Waals surface area (Å²) in [6.07, 6.45) is 0.663. The molecule has 8 nitrogen and oxygen atoms in total. The minimum absolute atomic E-state index is 0.0331. The lowest BCUT2D eigenvalue weighted by Crippen LogP contribution is -2.31. The molecule has 0 amide bonds. The van der Waals surface area contributed by atoms with Gasteiger partial charge in [-0.05, 0) is 69.3 Å². The third-order valence-electron chi connectivity index (χ3n) is 4.25. The summed E-state index contributed by atoms with van der Waals surface area (Å²) in [6, 6.07) is 13.2. The standard InChI is InChI=1S/C24H25FN4O4/c1-24(2,3)33-23(31)20-12-21(27-17(13-26)14-30)29-22(28-20)15-4-8-18(9-5-15)32-19-10-6-16(25)7-11-19/h4-12,14,17H,13,26H2,1-3H3,(H,27,28,29)/t17-/m0/s1. The Morgan fingerprint density at radius 2 is 1.70 bits per heavy atom. The number of hydrogen-bond acceptors (Lipinski definition) is 8. The summed E-state index contributed by atoms with van der Waals surface area (Å²) < 4.78 is 24.2. The van der Waals surface area contributed by atoms with Gasteiger partial charge in [-0.25, -0.2) is 19.2 Å². The van der Waals surface area contributed by atoms with E-state index in [0.29, 0.717) is 23.3 Å². The topological polar surface area (TPSA) is 116 Å². The van der Waals surface area contributed by atoms with Gasteiger partial charge >= 0.3 is 5.97 Å². The van der Waals surface area contributed by atoms with E-state index in [1.54, 1.807) is 45.0 Å². The first-order valence-corrected chi connectivity index (χ1v) is 10.2. The zero-order chi connectivity index (χ0) is 24.0. The highest BCUT2D eigenvalue weighted by Crippen LogP contribution is 2.26. The first-order valence-electron chi connectivity index (χ1n) is 10.2. The third kappa shape index (κ3) is 6.81.